The summed E-state index contributed by atoms with van der Waals surface area (Å²) in [7, 11) is 0. The van der Waals surface area contributed by atoms with Crippen molar-refractivity contribution in [1.82, 2.24) is 4.98 Å². The molecule has 1 aromatic heterocycles. The number of anilines is 1. The highest BCUT2D eigenvalue weighted by Gasteiger charge is 2.42. The smallest absolute Gasteiger partial charge is 0.129 e. The predicted octanol–water partition coefficient (Wildman–Crippen LogP) is 2.73. The molecule has 0 radical (unpaired) electrons. The summed E-state index contributed by atoms with van der Waals surface area (Å²) in [5, 5.41) is 3.41. The maximum Gasteiger partial charge on any atom is 0.129 e. The number of hydrogen-bond acceptors (Lipinski definition) is 2. The van der Waals surface area contributed by atoms with E-state index in [-0.39, 0.29) is 0 Å². The van der Waals surface area contributed by atoms with E-state index in [0.717, 1.165) is 24.2 Å². The summed E-state index contributed by atoms with van der Waals surface area (Å²) in [4.78, 5) is 4.51. The van der Waals surface area contributed by atoms with E-state index in [9.17, 15) is 0 Å². The lowest BCUT2D eigenvalue weighted by Gasteiger charge is -2.17. The van der Waals surface area contributed by atoms with Crippen LogP contribution in [0.5, 0.6) is 0 Å². The molecule has 2 heteroatoms. The Labute approximate surface area is 84.7 Å². The first-order valence-corrected chi connectivity index (χ1v) is 5.49. The van der Waals surface area contributed by atoms with Crippen molar-refractivity contribution >= 4 is 5.82 Å². The van der Waals surface area contributed by atoms with E-state index in [2.05, 4.69) is 30.2 Å². The zero-order valence-corrected chi connectivity index (χ0v) is 8.75. The molecule has 2 aliphatic rings. The second-order valence-electron chi connectivity index (χ2n) is 4.84. The number of aromatic nitrogens is 1. The van der Waals surface area contributed by atoms with Crippen LogP contribution in [-0.4, -0.2) is 11.5 Å². The minimum Gasteiger partial charge on any atom is -0.370 e. The highest BCUT2D eigenvalue weighted by atomic mass is 15.0. The first-order valence-electron chi connectivity index (χ1n) is 5.49. The van der Waals surface area contributed by atoms with E-state index >= 15 is 0 Å². The average molecular weight is 188 g/mol. The summed E-state index contributed by atoms with van der Waals surface area (Å²) >= 11 is 0. The molecule has 0 saturated heterocycles. The molecule has 0 amide bonds. The molecule has 2 unspecified atom stereocenters. The van der Waals surface area contributed by atoms with Gasteiger partial charge in [-0.05, 0) is 35.3 Å². The molecule has 0 spiro atoms. The lowest BCUT2D eigenvalue weighted by atomic mass is 9.99. The van der Waals surface area contributed by atoms with Gasteiger partial charge in [-0.25, -0.2) is 4.98 Å². The fourth-order valence-electron chi connectivity index (χ4n) is 2.33. The van der Waals surface area contributed by atoms with Crippen molar-refractivity contribution in [3.8, 4) is 0 Å². The molecular weight excluding hydrogens is 172 g/mol. The van der Waals surface area contributed by atoms with Gasteiger partial charge in [0, 0.05) is 12.7 Å². The Morgan fingerprint density at radius 3 is 3.14 bits per heavy atom. The fourth-order valence-corrected chi connectivity index (χ4v) is 2.33. The molecule has 1 aromatic rings. The molecule has 14 heavy (non-hydrogen) atoms. The number of hydrogen-bond donors (Lipinski definition) is 1. The molecule has 1 fully saturated rings. The third kappa shape index (κ3) is 1.13. The Hall–Kier alpha value is -1.05. The summed E-state index contributed by atoms with van der Waals surface area (Å²) in [5.41, 5.74) is 2.84. The van der Waals surface area contributed by atoms with Crippen LogP contribution >= 0.6 is 0 Å². The van der Waals surface area contributed by atoms with E-state index in [1.165, 1.54) is 17.5 Å². The molecule has 0 aromatic carbocycles. The van der Waals surface area contributed by atoms with E-state index in [0.29, 0.717) is 5.92 Å². The number of nitrogens with one attached hydrogen (secondary N) is 1. The van der Waals surface area contributed by atoms with Crippen LogP contribution in [0.2, 0.25) is 0 Å². The molecular formula is C12H16N2. The van der Waals surface area contributed by atoms with Crippen LogP contribution in [-0.2, 0) is 0 Å². The van der Waals surface area contributed by atoms with Crippen molar-refractivity contribution in [1.29, 1.82) is 0 Å². The predicted molar refractivity (Wildman–Crippen MR) is 57.7 cm³/mol. The second kappa shape index (κ2) is 2.72. The third-order valence-corrected chi connectivity index (χ3v) is 3.46. The van der Waals surface area contributed by atoms with Gasteiger partial charge in [-0.15, -0.1) is 0 Å². The van der Waals surface area contributed by atoms with E-state index < -0.39 is 0 Å². The van der Waals surface area contributed by atoms with Crippen molar-refractivity contribution in [2.45, 2.75) is 32.1 Å². The van der Waals surface area contributed by atoms with Crippen molar-refractivity contribution in [2.75, 3.05) is 11.9 Å². The Morgan fingerprint density at radius 2 is 2.36 bits per heavy atom. The Bertz CT molecular complexity index is 371. The van der Waals surface area contributed by atoms with Crippen molar-refractivity contribution in [3.05, 3.63) is 23.4 Å². The maximum absolute atomic E-state index is 4.51. The number of rotatable bonds is 1. The monoisotopic (exact) mass is 188 g/mol. The first-order chi connectivity index (χ1) is 6.75. The normalized spacial score (nSPS) is 27.9. The van der Waals surface area contributed by atoms with Crippen LogP contribution in [0.15, 0.2) is 12.3 Å². The third-order valence-electron chi connectivity index (χ3n) is 3.46. The summed E-state index contributed by atoms with van der Waals surface area (Å²) in [6.45, 7) is 5.58. The topological polar surface area (TPSA) is 24.9 Å². The van der Waals surface area contributed by atoms with Crippen molar-refractivity contribution in [3.63, 3.8) is 0 Å². The second-order valence-corrected chi connectivity index (χ2v) is 4.84. The van der Waals surface area contributed by atoms with Gasteiger partial charge in [0.15, 0.2) is 0 Å². The van der Waals surface area contributed by atoms with Crippen LogP contribution in [0.3, 0.4) is 0 Å². The Kier molecular flexibility index (Phi) is 1.61. The molecule has 2 heterocycles. The van der Waals surface area contributed by atoms with Crippen LogP contribution in [0.25, 0.3) is 0 Å². The minimum atomic E-state index is 0.590. The van der Waals surface area contributed by atoms with Crippen LogP contribution in [0.1, 0.15) is 43.2 Å². The van der Waals surface area contributed by atoms with Crippen LogP contribution in [0, 0.1) is 5.92 Å². The molecule has 1 N–H and O–H groups in total. The van der Waals surface area contributed by atoms with E-state index in [1.807, 2.05) is 6.20 Å². The lowest BCUT2D eigenvalue weighted by molar-refractivity contribution is 0.792. The van der Waals surface area contributed by atoms with Crippen LogP contribution < -0.4 is 5.32 Å². The molecule has 0 bridgehead atoms. The van der Waals surface area contributed by atoms with Gasteiger partial charge in [-0.2, -0.15) is 0 Å². The van der Waals surface area contributed by atoms with Gasteiger partial charge in [-0.3, -0.25) is 0 Å². The minimum absolute atomic E-state index is 0.590. The maximum atomic E-state index is 4.51. The van der Waals surface area contributed by atoms with Gasteiger partial charge in [0.05, 0.1) is 0 Å². The summed E-state index contributed by atoms with van der Waals surface area (Å²) < 4.78 is 0. The highest BCUT2D eigenvalue weighted by Crippen LogP contribution is 2.52. The summed E-state index contributed by atoms with van der Waals surface area (Å²) in [5.74, 6) is 3.43. The number of nitrogens with zero attached hydrogens (tertiary/aromatic N) is 1. The Balaban J connectivity index is 2.04. The quantitative estimate of drug-likeness (QED) is 0.733. The van der Waals surface area contributed by atoms with Gasteiger partial charge in [0.1, 0.15) is 5.82 Å². The molecule has 1 aliphatic heterocycles. The first kappa shape index (κ1) is 8.27. The van der Waals surface area contributed by atoms with Crippen LogP contribution in [0.4, 0.5) is 5.82 Å². The average Bonchev–Trinajstić information content (AvgIpc) is 2.95. The van der Waals surface area contributed by atoms with Crippen molar-refractivity contribution in [2.24, 2.45) is 5.92 Å². The van der Waals surface area contributed by atoms with Gasteiger partial charge in [0.25, 0.3) is 0 Å². The van der Waals surface area contributed by atoms with Gasteiger partial charge < -0.3 is 5.32 Å². The molecule has 2 atom stereocenters. The molecule has 2 nitrogen and oxygen atoms in total. The number of pyridine rings is 1. The summed E-state index contributed by atoms with van der Waals surface area (Å²) in [6, 6.07) is 2.35. The molecule has 74 valence electrons. The van der Waals surface area contributed by atoms with E-state index in [1.54, 1.807) is 0 Å². The standard InChI is InChI=1S/C12H16N2/c1-7(2)8-3-11-10-4-9(10)6-14-12(11)13-5-8/h3,5,7,9-10H,4,6H2,1-2H3,(H,13,14). The fraction of sp³-hybridized carbons (Fsp3) is 0.583. The molecule has 3 rings (SSSR count). The zero-order chi connectivity index (χ0) is 9.71. The summed E-state index contributed by atoms with van der Waals surface area (Å²) in [6.07, 6.45) is 3.38. The van der Waals surface area contributed by atoms with Gasteiger partial charge >= 0.3 is 0 Å². The van der Waals surface area contributed by atoms with Gasteiger partial charge in [-0.1, -0.05) is 19.9 Å². The number of fused-ring (bicyclic) bond motifs is 3. The lowest BCUT2D eigenvalue weighted by Crippen LogP contribution is -2.13. The largest absolute Gasteiger partial charge is 0.370 e. The van der Waals surface area contributed by atoms with Crippen molar-refractivity contribution < 1.29 is 0 Å². The Morgan fingerprint density at radius 1 is 1.50 bits per heavy atom. The SMILES string of the molecule is CC(C)c1cnc2c(c1)C1CC1CN2. The zero-order valence-electron chi connectivity index (χ0n) is 8.75. The molecule has 1 saturated carbocycles. The highest BCUT2D eigenvalue weighted by molar-refractivity contribution is 5.53. The van der Waals surface area contributed by atoms with E-state index in [4.69, 9.17) is 0 Å². The molecule has 1 aliphatic carbocycles. The van der Waals surface area contributed by atoms with Gasteiger partial charge in [0.2, 0.25) is 0 Å².